The second-order valence-electron chi connectivity index (χ2n) is 4.55. The lowest BCUT2D eigenvalue weighted by Crippen LogP contribution is -2.19. The van der Waals surface area contributed by atoms with Crippen molar-refractivity contribution in [3.8, 4) is 23.0 Å². The first kappa shape index (κ1) is 16.3. The van der Waals surface area contributed by atoms with Gasteiger partial charge in [0.15, 0.2) is 6.61 Å². The summed E-state index contributed by atoms with van der Waals surface area (Å²) in [6.45, 7) is 0.381. The zero-order valence-corrected chi connectivity index (χ0v) is 12.2. The molecular formula is C15H12ClF3O3. The molecule has 0 amide bonds. The standard InChI is InChI=1S/C15H12ClF3O3/c1-9-6-13(20)12(16)7-14(9)22-11-4-2-10(3-5-11)21-8-15(17,18)19/h2-7,20H,8H2,1H3. The summed E-state index contributed by atoms with van der Waals surface area (Å²) in [5, 5.41) is 9.60. The van der Waals surface area contributed by atoms with Gasteiger partial charge in [0.05, 0.1) is 5.02 Å². The van der Waals surface area contributed by atoms with Crippen LogP contribution in [0.2, 0.25) is 5.02 Å². The molecule has 0 aliphatic heterocycles. The molecule has 0 heterocycles. The molecule has 2 aromatic rings. The van der Waals surface area contributed by atoms with Crippen molar-refractivity contribution in [3.63, 3.8) is 0 Å². The monoisotopic (exact) mass is 332 g/mol. The third-order valence-electron chi connectivity index (χ3n) is 2.70. The van der Waals surface area contributed by atoms with Crippen molar-refractivity contribution in [2.45, 2.75) is 13.1 Å². The van der Waals surface area contributed by atoms with Crippen LogP contribution in [-0.4, -0.2) is 17.9 Å². The zero-order valence-electron chi connectivity index (χ0n) is 11.4. The molecule has 0 fully saturated rings. The predicted octanol–water partition coefficient (Wildman–Crippen LogP) is 5.09. The minimum atomic E-state index is -4.38. The Bertz CT molecular complexity index is 654. The molecule has 0 saturated heterocycles. The quantitative estimate of drug-likeness (QED) is 0.847. The van der Waals surface area contributed by atoms with E-state index >= 15 is 0 Å². The molecular weight excluding hydrogens is 321 g/mol. The van der Waals surface area contributed by atoms with Crippen molar-refractivity contribution in [2.75, 3.05) is 6.61 Å². The zero-order chi connectivity index (χ0) is 16.3. The largest absolute Gasteiger partial charge is 0.506 e. The highest BCUT2D eigenvalue weighted by molar-refractivity contribution is 6.32. The van der Waals surface area contributed by atoms with Crippen LogP contribution in [0.3, 0.4) is 0 Å². The highest BCUT2D eigenvalue weighted by Crippen LogP contribution is 2.34. The maximum atomic E-state index is 12.0. The Kier molecular flexibility index (Phi) is 4.71. The molecule has 0 aliphatic carbocycles. The van der Waals surface area contributed by atoms with Crippen molar-refractivity contribution < 1.29 is 27.8 Å². The average Bonchev–Trinajstić information content (AvgIpc) is 2.43. The van der Waals surface area contributed by atoms with E-state index in [2.05, 4.69) is 4.74 Å². The summed E-state index contributed by atoms with van der Waals surface area (Å²) in [5.41, 5.74) is 0.666. The van der Waals surface area contributed by atoms with Gasteiger partial charge in [-0.25, -0.2) is 0 Å². The number of phenols is 1. The van der Waals surface area contributed by atoms with E-state index in [4.69, 9.17) is 16.3 Å². The number of aromatic hydroxyl groups is 1. The van der Waals surface area contributed by atoms with Crippen LogP contribution in [0.5, 0.6) is 23.0 Å². The molecule has 0 unspecified atom stereocenters. The Labute approximate surface area is 129 Å². The van der Waals surface area contributed by atoms with Gasteiger partial charge in [-0.2, -0.15) is 13.2 Å². The first-order valence-corrected chi connectivity index (χ1v) is 6.59. The van der Waals surface area contributed by atoms with Gasteiger partial charge in [0, 0.05) is 6.07 Å². The smallest absolute Gasteiger partial charge is 0.422 e. The van der Waals surface area contributed by atoms with E-state index in [0.717, 1.165) is 0 Å². The molecule has 0 aliphatic rings. The Morgan fingerprint density at radius 3 is 2.27 bits per heavy atom. The van der Waals surface area contributed by atoms with Gasteiger partial charge in [-0.1, -0.05) is 11.6 Å². The molecule has 0 spiro atoms. The molecule has 0 atom stereocenters. The minimum Gasteiger partial charge on any atom is -0.506 e. The first-order valence-electron chi connectivity index (χ1n) is 6.21. The topological polar surface area (TPSA) is 38.7 Å². The molecule has 0 aromatic heterocycles. The fraction of sp³-hybridized carbons (Fsp3) is 0.200. The van der Waals surface area contributed by atoms with E-state index in [0.29, 0.717) is 17.1 Å². The Morgan fingerprint density at radius 1 is 1.09 bits per heavy atom. The van der Waals surface area contributed by atoms with Crippen LogP contribution in [0.15, 0.2) is 36.4 Å². The normalized spacial score (nSPS) is 11.3. The second-order valence-corrected chi connectivity index (χ2v) is 4.95. The summed E-state index contributed by atoms with van der Waals surface area (Å²) in [6.07, 6.45) is -4.38. The van der Waals surface area contributed by atoms with E-state index in [1.54, 1.807) is 6.92 Å². The van der Waals surface area contributed by atoms with Crippen LogP contribution < -0.4 is 9.47 Å². The van der Waals surface area contributed by atoms with Crippen LogP contribution in [0.1, 0.15) is 5.56 Å². The maximum Gasteiger partial charge on any atom is 0.422 e. The summed E-state index contributed by atoms with van der Waals surface area (Å²) < 4.78 is 46.3. The van der Waals surface area contributed by atoms with Gasteiger partial charge in [0.2, 0.25) is 0 Å². The van der Waals surface area contributed by atoms with Crippen LogP contribution in [0.4, 0.5) is 13.2 Å². The molecule has 0 radical (unpaired) electrons. The molecule has 2 aromatic carbocycles. The Hall–Kier alpha value is -2.08. The molecule has 0 bridgehead atoms. The van der Waals surface area contributed by atoms with Gasteiger partial charge >= 0.3 is 6.18 Å². The summed E-state index contributed by atoms with van der Waals surface area (Å²) in [4.78, 5) is 0. The SMILES string of the molecule is Cc1cc(O)c(Cl)cc1Oc1ccc(OCC(F)(F)F)cc1. The summed E-state index contributed by atoms with van der Waals surface area (Å²) in [5.74, 6) is 0.878. The lowest BCUT2D eigenvalue weighted by Gasteiger charge is -2.12. The maximum absolute atomic E-state index is 12.0. The number of phenolic OH excluding ortho intramolecular Hbond substituents is 1. The number of alkyl halides is 3. The fourth-order valence-electron chi connectivity index (χ4n) is 1.65. The third kappa shape index (κ3) is 4.46. The van der Waals surface area contributed by atoms with Gasteiger partial charge in [-0.05, 0) is 42.8 Å². The van der Waals surface area contributed by atoms with Crippen molar-refractivity contribution in [1.82, 2.24) is 0 Å². The highest BCUT2D eigenvalue weighted by atomic mass is 35.5. The molecule has 7 heteroatoms. The van der Waals surface area contributed by atoms with Crippen molar-refractivity contribution in [2.24, 2.45) is 0 Å². The molecule has 22 heavy (non-hydrogen) atoms. The third-order valence-corrected chi connectivity index (χ3v) is 3.00. The average molecular weight is 333 g/mol. The van der Waals surface area contributed by atoms with Gasteiger partial charge in [0.1, 0.15) is 23.0 Å². The fourth-order valence-corrected chi connectivity index (χ4v) is 1.81. The van der Waals surface area contributed by atoms with Gasteiger partial charge in [-0.15, -0.1) is 0 Å². The lowest BCUT2D eigenvalue weighted by molar-refractivity contribution is -0.153. The summed E-state index contributed by atoms with van der Waals surface area (Å²) in [7, 11) is 0. The van der Waals surface area contributed by atoms with Crippen LogP contribution >= 0.6 is 11.6 Å². The van der Waals surface area contributed by atoms with E-state index in [9.17, 15) is 18.3 Å². The molecule has 0 saturated carbocycles. The number of aryl methyl sites for hydroxylation is 1. The molecule has 3 nitrogen and oxygen atoms in total. The van der Waals surface area contributed by atoms with Crippen LogP contribution in [0, 0.1) is 6.92 Å². The van der Waals surface area contributed by atoms with Crippen molar-refractivity contribution >= 4 is 11.6 Å². The minimum absolute atomic E-state index is 0.0533. The second kappa shape index (κ2) is 6.36. The van der Waals surface area contributed by atoms with E-state index in [1.807, 2.05) is 0 Å². The summed E-state index contributed by atoms with van der Waals surface area (Å²) >= 11 is 5.80. The van der Waals surface area contributed by atoms with Crippen LogP contribution in [0.25, 0.3) is 0 Å². The lowest BCUT2D eigenvalue weighted by atomic mass is 10.2. The number of hydrogen-bond acceptors (Lipinski definition) is 3. The number of rotatable bonds is 4. The first-order chi connectivity index (χ1) is 10.2. The Balaban J connectivity index is 2.07. The molecule has 118 valence electrons. The van der Waals surface area contributed by atoms with Crippen molar-refractivity contribution in [1.29, 1.82) is 0 Å². The predicted molar refractivity (Wildman–Crippen MR) is 75.9 cm³/mol. The highest BCUT2D eigenvalue weighted by Gasteiger charge is 2.28. The number of benzene rings is 2. The number of halogens is 4. The van der Waals surface area contributed by atoms with Crippen LogP contribution in [-0.2, 0) is 0 Å². The molecule has 2 rings (SSSR count). The number of hydrogen-bond donors (Lipinski definition) is 1. The summed E-state index contributed by atoms with van der Waals surface area (Å²) in [6, 6.07) is 8.62. The van der Waals surface area contributed by atoms with E-state index in [-0.39, 0.29) is 16.5 Å². The van der Waals surface area contributed by atoms with E-state index < -0.39 is 12.8 Å². The van der Waals surface area contributed by atoms with Gasteiger partial charge in [-0.3, -0.25) is 0 Å². The van der Waals surface area contributed by atoms with Gasteiger partial charge in [0.25, 0.3) is 0 Å². The number of ether oxygens (including phenoxy) is 2. The van der Waals surface area contributed by atoms with E-state index in [1.165, 1.54) is 36.4 Å². The van der Waals surface area contributed by atoms with Gasteiger partial charge < -0.3 is 14.6 Å². The van der Waals surface area contributed by atoms with Crippen molar-refractivity contribution in [3.05, 3.63) is 47.0 Å². The Morgan fingerprint density at radius 2 is 1.68 bits per heavy atom. The molecule has 1 N–H and O–H groups in total.